The predicted octanol–water partition coefficient (Wildman–Crippen LogP) is 2.63. The van der Waals surface area contributed by atoms with Crippen molar-refractivity contribution in [3.63, 3.8) is 0 Å². The molecule has 0 aliphatic carbocycles. The Morgan fingerprint density at radius 2 is 1.80 bits per heavy atom. The van der Waals surface area contributed by atoms with Crippen LogP contribution in [0.1, 0.15) is 11.4 Å². The Balaban J connectivity index is 2.19. The smallest absolute Gasteiger partial charge is 0.249 e. The van der Waals surface area contributed by atoms with Gasteiger partial charge in [-0.25, -0.2) is 0 Å². The molecule has 2 aromatic rings. The Morgan fingerprint density at radius 1 is 1.10 bits per heavy atom. The number of hydrogen-bond acceptors (Lipinski definition) is 6. The van der Waals surface area contributed by atoms with E-state index in [0.717, 1.165) is 5.69 Å². The summed E-state index contributed by atoms with van der Waals surface area (Å²) in [6.45, 7) is 0. The molecular formula is C13H11N7. The van der Waals surface area contributed by atoms with Gasteiger partial charge < -0.3 is 9.88 Å². The molecule has 1 aromatic heterocycles. The Hall–Kier alpha value is -3.19. The summed E-state index contributed by atoms with van der Waals surface area (Å²) >= 11 is 0. The molecule has 0 aliphatic heterocycles. The number of hydrogen-bond donors (Lipinski definition) is 1. The Morgan fingerprint density at radius 3 is 2.30 bits per heavy atom. The summed E-state index contributed by atoms with van der Waals surface area (Å²) in [7, 11) is 3.90. The highest BCUT2D eigenvalue weighted by Gasteiger charge is 2.08. The zero-order valence-electron chi connectivity index (χ0n) is 11.0. The maximum atomic E-state index is 8.78. The van der Waals surface area contributed by atoms with Crippen LogP contribution in [-0.4, -0.2) is 24.1 Å². The van der Waals surface area contributed by atoms with Gasteiger partial charge >= 0.3 is 0 Å². The number of H-pyrrole nitrogens is 1. The fraction of sp³-hybridized carbons (Fsp3) is 0.154. The van der Waals surface area contributed by atoms with Gasteiger partial charge in [-0.2, -0.15) is 15.5 Å². The summed E-state index contributed by atoms with van der Waals surface area (Å²) in [5, 5.41) is 25.4. The molecule has 7 nitrogen and oxygen atoms in total. The largest absolute Gasteiger partial charge is 0.378 e. The average molecular weight is 265 g/mol. The first-order valence-electron chi connectivity index (χ1n) is 5.73. The van der Waals surface area contributed by atoms with Gasteiger partial charge in [0.15, 0.2) is 11.4 Å². The second-order valence-corrected chi connectivity index (χ2v) is 4.12. The van der Waals surface area contributed by atoms with Crippen molar-refractivity contribution in [2.75, 3.05) is 19.0 Å². The van der Waals surface area contributed by atoms with Crippen LogP contribution in [-0.2, 0) is 0 Å². The number of nitrogens with one attached hydrogen (secondary N) is 1. The number of imidazole rings is 1. The van der Waals surface area contributed by atoms with Gasteiger partial charge in [0.25, 0.3) is 0 Å². The van der Waals surface area contributed by atoms with Crippen LogP contribution in [0.4, 0.5) is 17.3 Å². The van der Waals surface area contributed by atoms with Crippen LogP contribution >= 0.6 is 0 Å². The molecule has 98 valence electrons. The number of aromatic amines is 1. The molecule has 0 saturated carbocycles. The quantitative estimate of drug-likeness (QED) is 0.861. The molecular weight excluding hydrogens is 254 g/mol. The minimum atomic E-state index is 0.0180. The lowest BCUT2D eigenvalue weighted by Gasteiger charge is -2.11. The molecule has 1 N–H and O–H groups in total. The van der Waals surface area contributed by atoms with Crippen LogP contribution in [0.5, 0.6) is 0 Å². The van der Waals surface area contributed by atoms with Crippen LogP contribution in [0.15, 0.2) is 34.5 Å². The van der Waals surface area contributed by atoms with E-state index in [1.807, 2.05) is 55.4 Å². The molecule has 0 saturated heterocycles. The van der Waals surface area contributed by atoms with Crippen molar-refractivity contribution < 1.29 is 0 Å². The third-order valence-electron chi connectivity index (χ3n) is 2.54. The van der Waals surface area contributed by atoms with Crippen LogP contribution < -0.4 is 4.90 Å². The molecule has 1 aromatic carbocycles. The molecule has 0 atom stereocenters. The molecule has 0 bridgehead atoms. The van der Waals surface area contributed by atoms with Gasteiger partial charge in [0.05, 0.1) is 5.69 Å². The standard InChI is InChI=1S/C13H11N7/c1-20(2)10-5-3-9(4-6-10)18-19-13-16-11(7-14)12(8-15)17-13/h3-6H,1-2H3,(H,16,17). The zero-order chi connectivity index (χ0) is 14.5. The van der Waals surface area contributed by atoms with Crippen LogP contribution in [0.25, 0.3) is 0 Å². The summed E-state index contributed by atoms with van der Waals surface area (Å²) in [6, 6.07) is 11.1. The third kappa shape index (κ3) is 2.79. The number of nitriles is 2. The van der Waals surface area contributed by atoms with E-state index in [1.54, 1.807) is 0 Å². The molecule has 0 unspecified atom stereocenters. The maximum absolute atomic E-state index is 8.78. The lowest BCUT2D eigenvalue weighted by Crippen LogP contribution is -2.07. The van der Waals surface area contributed by atoms with Crippen molar-refractivity contribution in [1.29, 1.82) is 10.5 Å². The van der Waals surface area contributed by atoms with Crippen LogP contribution in [0, 0.1) is 22.7 Å². The summed E-state index contributed by atoms with van der Waals surface area (Å²) in [5.74, 6) is 0.134. The Labute approximate surface area is 115 Å². The lowest BCUT2D eigenvalue weighted by molar-refractivity contribution is 1.11. The fourth-order valence-electron chi connectivity index (χ4n) is 1.49. The number of nitrogens with zero attached hydrogens (tertiary/aromatic N) is 6. The van der Waals surface area contributed by atoms with Crippen LogP contribution in [0.3, 0.4) is 0 Å². The molecule has 0 aliphatic rings. The minimum Gasteiger partial charge on any atom is -0.378 e. The molecule has 1 heterocycles. The number of aromatic nitrogens is 2. The van der Waals surface area contributed by atoms with Crippen molar-refractivity contribution in [2.24, 2.45) is 10.2 Å². The highest BCUT2D eigenvalue weighted by Crippen LogP contribution is 2.20. The highest BCUT2D eigenvalue weighted by atomic mass is 15.2. The first-order chi connectivity index (χ1) is 9.63. The van der Waals surface area contributed by atoms with Crippen molar-refractivity contribution in [1.82, 2.24) is 9.97 Å². The monoisotopic (exact) mass is 265 g/mol. The van der Waals surface area contributed by atoms with E-state index in [0.29, 0.717) is 5.69 Å². The molecule has 7 heteroatoms. The summed E-state index contributed by atoms with van der Waals surface area (Å²) < 4.78 is 0. The van der Waals surface area contributed by atoms with Gasteiger partial charge in [0.2, 0.25) is 5.95 Å². The lowest BCUT2D eigenvalue weighted by atomic mass is 10.3. The van der Waals surface area contributed by atoms with Crippen molar-refractivity contribution in [3.05, 3.63) is 35.7 Å². The minimum absolute atomic E-state index is 0.0180. The first kappa shape index (κ1) is 13.2. The zero-order valence-corrected chi connectivity index (χ0v) is 11.0. The fourth-order valence-corrected chi connectivity index (χ4v) is 1.49. The second kappa shape index (κ2) is 5.63. The molecule has 0 amide bonds. The molecule has 0 fully saturated rings. The van der Waals surface area contributed by atoms with E-state index in [9.17, 15) is 0 Å². The summed E-state index contributed by atoms with van der Waals surface area (Å²) in [5.41, 5.74) is 1.82. The van der Waals surface area contributed by atoms with Crippen LogP contribution in [0.2, 0.25) is 0 Å². The molecule has 0 radical (unpaired) electrons. The number of azo groups is 1. The van der Waals surface area contributed by atoms with Gasteiger partial charge in [-0.1, -0.05) is 0 Å². The van der Waals surface area contributed by atoms with Crippen molar-refractivity contribution in [3.8, 4) is 12.1 Å². The van der Waals surface area contributed by atoms with E-state index < -0.39 is 0 Å². The Bertz CT molecular complexity index is 679. The molecule has 0 spiro atoms. The average Bonchev–Trinajstić information content (AvgIpc) is 2.88. The van der Waals surface area contributed by atoms with Gasteiger partial charge in [-0.3, -0.25) is 0 Å². The summed E-state index contributed by atoms with van der Waals surface area (Å²) in [4.78, 5) is 8.45. The van der Waals surface area contributed by atoms with E-state index in [1.165, 1.54) is 0 Å². The highest BCUT2D eigenvalue weighted by molar-refractivity contribution is 5.51. The van der Waals surface area contributed by atoms with Gasteiger partial charge in [-0.15, -0.1) is 10.2 Å². The van der Waals surface area contributed by atoms with Gasteiger partial charge in [0.1, 0.15) is 12.1 Å². The summed E-state index contributed by atoms with van der Waals surface area (Å²) in [6.07, 6.45) is 0. The number of benzene rings is 1. The molecule has 20 heavy (non-hydrogen) atoms. The SMILES string of the molecule is CN(C)c1ccc(N=Nc2nc(C#N)c(C#N)[nH]2)cc1. The number of rotatable bonds is 3. The van der Waals surface area contributed by atoms with E-state index in [-0.39, 0.29) is 17.3 Å². The third-order valence-corrected chi connectivity index (χ3v) is 2.54. The van der Waals surface area contributed by atoms with E-state index in [2.05, 4.69) is 20.2 Å². The van der Waals surface area contributed by atoms with Gasteiger partial charge in [-0.05, 0) is 24.3 Å². The van der Waals surface area contributed by atoms with E-state index >= 15 is 0 Å². The van der Waals surface area contributed by atoms with Gasteiger partial charge in [0, 0.05) is 19.8 Å². The Kier molecular flexibility index (Phi) is 3.73. The normalized spacial score (nSPS) is 10.2. The second-order valence-electron chi connectivity index (χ2n) is 4.12. The first-order valence-corrected chi connectivity index (χ1v) is 5.73. The topological polar surface area (TPSA) is 104 Å². The van der Waals surface area contributed by atoms with E-state index in [4.69, 9.17) is 10.5 Å². The predicted molar refractivity (Wildman–Crippen MR) is 73.0 cm³/mol. The number of anilines is 1. The molecule has 2 rings (SSSR count). The van der Waals surface area contributed by atoms with Crippen molar-refractivity contribution in [2.45, 2.75) is 0 Å². The van der Waals surface area contributed by atoms with Crippen molar-refractivity contribution >= 4 is 17.3 Å². The maximum Gasteiger partial charge on any atom is 0.249 e.